The fourth-order valence-corrected chi connectivity index (χ4v) is 2.84. The second-order valence-electron chi connectivity index (χ2n) is 6.73. The highest BCUT2D eigenvalue weighted by Gasteiger charge is 2.19. The van der Waals surface area contributed by atoms with E-state index in [4.69, 9.17) is 4.74 Å². The zero-order valence-corrected chi connectivity index (χ0v) is 16.0. The lowest BCUT2D eigenvalue weighted by atomic mass is 10.1. The van der Waals surface area contributed by atoms with Gasteiger partial charge in [-0.05, 0) is 36.6 Å². The minimum absolute atomic E-state index is 0.0716. The molecule has 0 radical (unpaired) electrons. The molecule has 1 fully saturated rings. The molecule has 0 aromatic heterocycles. The number of esters is 1. The van der Waals surface area contributed by atoms with Gasteiger partial charge in [-0.3, -0.25) is 10.1 Å². The van der Waals surface area contributed by atoms with Crippen molar-refractivity contribution in [1.82, 2.24) is 10.6 Å². The molecule has 0 unspecified atom stereocenters. The number of nitrogens with zero attached hydrogens (tertiary/aromatic N) is 2. The highest BCUT2D eigenvalue weighted by Crippen LogP contribution is 2.17. The van der Waals surface area contributed by atoms with Gasteiger partial charge in [0.1, 0.15) is 11.6 Å². The number of anilines is 1. The minimum Gasteiger partial charge on any atom is -0.451 e. The molecule has 2 N–H and O–H groups in total. The lowest BCUT2D eigenvalue weighted by Gasteiger charge is -2.12. The number of nitriles is 1. The predicted octanol–water partition coefficient (Wildman–Crippen LogP) is 1.97. The molecular weight excluding hydrogens is 360 g/mol. The molecule has 1 aromatic rings. The average Bonchev–Trinajstić information content (AvgIpc) is 3.17. The van der Waals surface area contributed by atoms with Crippen molar-refractivity contribution in [3.8, 4) is 6.07 Å². The molecule has 3 amide bonds. The largest absolute Gasteiger partial charge is 0.451 e. The number of imide groups is 1. The Balaban J connectivity index is 1.84. The van der Waals surface area contributed by atoms with E-state index >= 15 is 0 Å². The molecule has 0 heterocycles. The van der Waals surface area contributed by atoms with Crippen LogP contribution in [0.25, 0.3) is 6.08 Å². The van der Waals surface area contributed by atoms with Crippen LogP contribution in [0.3, 0.4) is 0 Å². The Morgan fingerprint density at radius 1 is 1.21 bits per heavy atom. The van der Waals surface area contributed by atoms with Gasteiger partial charge < -0.3 is 15.0 Å². The van der Waals surface area contributed by atoms with Crippen molar-refractivity contribution in [3.05, 3.63) is 35.4 Å². The summed E-state index contributed by atoms with van der Waals surface area (Å²) in [6.07, 6.45) is 5.27. The van der Waals surface area contributed by atoms with Gasteiger partial charge >= 0.3 is 12.0 Å². The topological polar surface area (TPSA) is 112 Å². The van der Waals surface area contributed by atoms with Crippen molar-refractivity contribution in [1.29, 1.82) is 5.26 Å². The maximum absolute atomic E-state index is 12.0. The van der Waals surface area contributed by atoms with E-state index in [1.165, 1.54) is 6.08 Å². The normalized spacial score (nSPS) is 14.1. The van der Waals surface area contributed by atoms with Gasteiger partial charge in [0.25, 0.3) is 5.91 Å². The van der Waals surface area contributed by atoms with E-state index in [0.717, 1.165) is 31.4 Å². The first-order valence-corrected chi connectivity index (χ1v) is 9.05. The van der Waals surface area contributed by atoms with Crippen LogP contribution in [0.4, 0.5) is 10.5 Å². The van der Waals surface area contributed by atoms with Crippen LogP contribution < -0.4 is 15.5 Å². The summed E-state index contributed by atoms with van der Waals surface area (Å²) in [4.78, 5) is 37.4. The fraction of sp³-hybridized carbons (Fsp3) is 0.400. The van der Waals surface area contributed by atoms with Crippen LogP contribution in [0, 0.1) is 11.3 Å². The first-order chi connectivity index (χ1) is 13.4. The van der Waals surface area contributed by atoms with Crippen molar-refractivity contribution >= 4 is 29.7 Å². The Labute approximate surface area is 164 Å². The summed E-state index contributed by atoms with van der Waals surface area (Å²) >= 11 is 0. The van der Waals surface area contributed by atoms with E-state index in [0.29, 0.717) is 5.56 Å². The quantitative estimate of drug-likeness (QED) is 0.441. The molecule has 0 spiro atoms. The first-order valence-electron chi connectivity index (χ1n) is 9.05. The maximum Gasteiger partial charge on any atom is 0.349 e. The molecule has 8 heteroatoms. The Kier molecular flexibility index (Phi) is 7.57. The first kappa shape index (κ1) is 21.0. The monoisotopic (exact) mass is 384 g/mol. The maximum atomic E-state index is 12.0. The summed E-state index contributed by atoms with van der Waals surface area (Å²) in [7, 11) is 3.81. The highest BCUT2D eigenvalue weighted by molar-refractivity contribution is 6.00. The van der Waals surface area contributed by atoms with Gasteiger partial charge in [0, 0.05) is 25.8 Å². The number of carbonyl (C=O) groups excluding carboxylic acids is 3. The van der Waals surface area contributed by atoms with Crippen molar-refractivity contribution < 1.29 is 19.1 Å². The summed E-state index contributed by atoms with van der Waals surface area (Å²) in [5, 5.41) is 14.0. The third-order valence-electron chi connectivity index (χ3n) is 4.34. The lowest BCUT2D eigenvalue weighted by Crippen LogP contribution is -2.45. The summed E-state index contributed by atoms with van der Waals surface area (Å²) in [6.45, 7) is -0.643. The molecule has 1 aromatic carbocycles. The van der Waals surface area contributed by atoms with Gasteiger partial charge in [-0.15, -0.1) is 0 Å². The van der Waals surface area contributed by atoms with E-state index in [1.54, 1.807) is 18.2 Å². The Morgan fingerprint density at radius 2 is 1.86 bits per heavy atom. The van der Waals surface area contributed by atoms with E-state index in [-0.39, 0.29) is 11.6 Å². The van der Waals surface area contributed by atoms with Gasteiger partial charge in [-0.1, -0.05) is 25.0 Å². The SMILES string of the molecule is CN(C)c1ccc(/C=C(/C#N)C(=O)OCC(=O)NC(=O)NC2CCCC2)cc1. The summed E-state index contributed by atoms with van der Waals surface area (Å²) in [5.41, 5.74) is 1.39. The van der Waals surface area contributed by atoms with Gasteiger partial charge in [-0.2, -0.15) is 5.26 Å². The van der Waals surface area contributed by atoms with E-state index in [1.807, 2.05) is 31.1 Å². The zero-order chi connectivity index (χ0) is 20.5. The number of urea groups is 1. The Hall–Kier alpha value is -3.34. The number of benzene rings is 1. The molecule has 0 atom stereocenters. The molecule has 0 saturated heterocycles. The molecule has 28 heavy (non-hydrogen) atoms. The van der Waals surface area contributed by atoms with Gasteiger partial charge in [0.2, 0.25) is 0 Å². The number of rotatable bonds is 6. The number of hydrogen-bond donors (Lipinski definition) is 2. The van der Waals surface area contributed by atoms with Crippen LogP contribution in [0.2, 0.25) is 0 Å². The molecule has 1 aliphatic rings. The average molecular weight is 384 g/mol. The Bertz CT molecular complexity index is 787. The second kappa shape index (κ2) is 10.1. The summed E-state index contributed by atoms with van der Waals surface area (Å²) < 4.78 is 4.83. The third-order valence-corrected chi connectivity index (χ3v) is 4.34. The number of nitrogens with one attached hydrogen (secondary N) is 2. The molecule has 0 bridgehead atoms. The van der Waals surface area contributed by atoms with Gasteiger partial charge in [-0.25, -0.2) is 9.59 Å². The van der Waals surface area contributed by atoms with Crippen molar-refractivity contribution in [2.75, 3.05) is 25.6 Å². The van der Waals surface area contributed by atoms with Gasteiger partial charge in [0.15, 0.2) is 6.61 Å². The Morgan fingerprint density at radius 3 is 2.43 bits per heavy atom. The highest BCUT2D eigenvalue weighted by atomic mass is 16.5. The van der Waals surface area contributed by atoms with Crippen LogP contribution >= 0.6 is 0 Å². The number of amides is 3. The standard InChI is InChI=1S/C20H24N4O4/c1-24(2)17-9-7-14(8-10-17)11-15(12-21)19(26)28-13-18(25)23-20(27)22-16-5-3-4-6-16/h7-11,16H,3-6,13H2,1-2H3,(H2,22,23,25,27)/b15-11-. The van der Waals surface area contributed by atoms with Crippen LogP contribution in [0.1, 0.15) is 31.2 Å². The number of hydrogen-bond acceptors (Lipinski definition) is 6. The number of carbonyl (C=O) groups is 3. The van der Waals surface area contributed by atoms with E-state index in [2.05, 4.69) is 10.6 Å². The lowest BCUT2D eigenvalue weighted by molar-refractivity contribution is -0.144. The predicted molar refractivity (Wildman–Crippen MR) is 104 cm³/mol. The molecule has 1 aliphatic carbocycles. The van der Waals surface area contributed by atoms with E-state index in [9.17, 15) is 19.6 Å². The third kappa shape index (κ3) is 6.43. The fourth-order valence-electron chi connectivity index (χ4n) is 2.84. The molecule has 0 aliphatic heterocycles. The molecule has 148 valence electrons. The summed E-state index contributed by atoms with van der Waals surface area (Å²) in [6, 6.07) is 8.46. The van der Waals surface area contributed by atoms with Crippen molar-refractivity contribution in [3.63, 3.8) is 0 Å². The van der Waals surface area contributed by atoms with Crippen molar-refractivity contribution in [2.24, 2.45) is 0 Å². The summed E-state index contributed by atoms with van der Waals surface area (Å²) in [5.74, 6) is -1.68. The minimum atomic E-state index is -0.925. The van der Waals surface area contributed by atoms with Gasteiger partial charge in [0.05, 0.1) is 0 Å². The second-order valence-corrected chi connectivity index (χ2v) is 6.73. The van der Waals surface area contributed by atoms with Crippen LogP contribution in [0.15, 0.2) is 29.8 Å². The zero-order valence-electron chi connectivity index (χ0n) is 16.0. The smallest absolute Gasteiger partial charge is 0.349 e. The molecule has 8 nitrogen and oxygen atoms in total. The van der Waals surface area contributed by atoms with Crippen LogP contribution in [-0.4, -0.2) is 44.7 Å². The molecular formula is C20H24N4O4. The molecule has 2 rings (SSSR count). The number of ether oxygens (including phenoxy) is 1. The van der Waals surface area contributed by atoms with Crippen LogP contribution in [0.5, 0.6) is 0 Å². The van der Waals surface area contributed by atoms with E-state index < -0.39 is 24.5 Å². The van der Waals surface area contributed by atoms with Crippen LogP contribution in [-0.2, 0) is 14.3 Å². The van der Waals surface area contributed by atoms with Crippen molar-refractivity contribution in [2.45, 2.75) is 31.7 Å². The molecule has 1 saturated carbocycles.